The fourth-order valence-electron chi connectivity index (χ4n) is 0.910. The summed E-state index contributed by atoms with van der Waals surface area (Å²) in [5, 5.41) is 0. The number of hydrogen-bond donors (Lipinski definition) is 0. The minimum absolute atomic E-state index is 0.350. The van der Waals surface area contributed by atoms with Gasteiger partial charge in [0.2, 0.25) is 0 Å². The van der Waals surface area contributed by atoms with Gasteiger partial charge in [-0.05, 0) is 11.3 Å². The number of rotatable bonds is 3. The molecule has 0 rings (SSSR count). The second-order valence-corrected chi connectivity index (χ2v) is 6.49. The molecule has 0 amide bonds. The summed E-state index contributed by atoms with van der Waals surface area (Å²) in [4.78, 5) is 1.06. The Hall–Kier alpha value is 0.960. The van der Waals surface area contributed by atoms with Gasteiger partial charge < -0.3 is 0 Å². The van der Waals surface area contributed by atoms with Gasteiger partial charge in [0.1, 0.15) is 0 Å². The third-order valence-corrected chi connectivity index (χ3v) is 5.81. The monoisotopic (exact) mass is 284 g/mol. The Morgan fingerprint density at radius 3 is 1.45 bits per heavy atom. The van der Waals surface area contributed by atoms with Crippen molar-refractivity contribution < 1.29 is 0 Å². The maximum absolute atomic E-state index is 3.72. The van der Waals surface area contributed by atoms with E-state index < -0.39 is 0 Å². The molecule has 0 aliphatic carbocycles. The van der Waals surface area contributed by atoms with Gasteiger partial charge in [0.25, 0.3) is 0 Å². The van der Waals surface area contributed by atoms with E-state index in [4.69, 9.17) is 0 Å². The van der Waals surface area contributed by atoms with Crippen molar-refractivity contribution in [3.63, 3.8) is 0 Å². The van der Waals surface area contributed by atoms with E-state index in [1.165, 1.54) is 0 Å². The number of alkyl halides is 2. The lowest BCUT2D eigenvalue weighted by molar-refractivity contribution is 0.244. The second-order valence-electron chi connectivity index (χ2n) is 4.06. The van der Waals surface area contributed by atoms with Crippen LogP contribution in [0.2, 0.25) is 0 Å². The van der Waals surface area contributed by atoms with Gasteiger partial charge in [-0.2, -0.15) is 0 Å². The Labute approximate surface area is 87.4 Å². The average Bonchev–Trinajstić information content (AvgIpc) is 1.85. The maximum Gasteiger partial charge on any atom is 0.0321 e. The smallest absolute Gasteiger partial charge is 0.0321 e. The molecule has 0 aliphatic rings. The topological polar surface area (TPSA) is 0 Å². The second kappa shape index (κ2) is 4.27. The van der Waals surface area contributed by atoms with Crippen molar-refractivity contribution in [1.29, 1.82) is 0 Å². The quantitative estimate of drug-likeness (QED) is 0.681. The highest BCUT2D eigenvalue weighted by Crippen LogP contribution is 2.38. The molecule has 0 radical (unpaired) electrons. The highest BCUT2D eigenvalue weighted by molar-refractivity contribution is 9.12. The third-order valence-electron chi connectivity index (χ3n) is 2.60. The molecule has 0 saturated heterocycles. The highest BCUT2D eigenvalue weighted by atomic mass is 79.9. The van der Waals surface area contributed by atoms with E-state index in [2.05, 4.69) is 66.5 Å². The van der Waals surface area contributed by atoms with E-state index in [1.807, 2.05) is 0 Å². The lowest BCUT2D eigenvalue weighted by Crippen LogP contribution is -2.34. The molecule has 68 valence electrons. The standard InChI is InChI=1S/C9H18Br2/c1-6(2)9(4,5)8(11)7(3)10/h6-8H,1-5H3. The van der Waals surface area contributed by atoms with Crippen LogP contribution in [0.3, 0.4) is 0 Å². The highest BCUT2D eigenvalue weighted by Gasteiger charge is 2.33. The molecule has 0 saturated carbocycles. The van der Waals surface area contributed by atoms with E-state index in [9.17, 15) is 0 Å². The van der Waals surface area contributed by atoms with Gasteiger partial charge in [-0.1, -0.05) is 66.5 Å². The SMILES string of the molecule is CC(Br)C(Br)C(C)(C)C(C)C. The van der Waals surface area contributed by atoms with E-state index in [0.717, 1.165) is 0 Å². The molecule has 0 fully saturated rings. The average molecular weight is 286 g/mol. The zero-order chi connectivity index (χ0) is 9.23. The molecule has 0 aromatic heterocycles. The number of halogens is 2. The van der Waals surface area contributed by atoms with E-state index in [-0.39, 0.29) is 0 Å². The van der Waals surface area contributed by atoms with Crippen molar-refractivity contribution in [2.45, 2.75) is 44.3 Å². The van der Waals surface area contributed by atoms with Crippen LogP contribution >= 0.6 is 31.9 Å². The molecule has 0 aliphatic heterocycles. The van der Waals surface area contributed by atoms with Crippen molar-refractivity contribution in [2.75, 3.05) is 0 Å². The molecular formula is C9H18Br2. The molecule has 0 aromatic rings. The lowest BCUT2D eigenvalue weighted by atomic mass is 9.77. The minimum Gasteiger partial charge on any atom is -0.0881 e. The van der Waals surface area contributed by atoms with Crippen molar-refractivity contribution in [2.24, 2.45) is 11.3 Å². The largest absolute Gasteiger partial charge is 0.0881 e. The first-order chi connectivity index (χ1) is 4.80. The molecule has 0 aromatic carbocycles. The van der Waals surface area contributed by atoms with Crippen LogP contribution in [0.5, 0.6) is 0 Å². The fourth-order valence-corrected chi connectivity index (χ4v) is 2.12. The first-order valence-corrected chi connectivity index (χ1v) is 5.91. The van der Waals surface area contributed by atoms with Crippen LogP contribution in [0.4, 0.5) is 0 Å². The molecule has 11 heavy (non-hydrogen) atoms. The molecular weight excluding hydrogens is 268 g/mol. The van der Waals surface area contributed by atoms with Crippen LogP contribution in [-0.2, 0) is 0 Å². The summed E-state index contributed by atoms with van der Waals surface area (Å²) >= 11 is 7.31. The molecule has 2 atom stereocenters. The van der Waals surface area contributed by atoms with Gasteiger partial charge in [0.05, 0.1) is 0 Å². The van der Waals surface area contributed by atoms with Crippen molar-refractivity contribution in [3.8, 4) is 0 Å². The molecule has 0 bridgehead atoms. The Morgan fingerprint density at radius 1 is 1.00 bits per heavy atom. The van der Waals surface area contributed by atoms with Gasteiger partial charge in [0, 0.05) is 9.65 Å². The first-order valence-electron chi connectivity index (χ1n) is 4.08. The Bertz CT molecular complexity index is 117. The number of hydrogen-bond acceptors (Lipinski definition) is 0. The first kappa shape index (κ1) is 12.0. The van der Waals surface area contributed by atoms with Crippen molar-refractivity contribution in [3.05, 3.63) is 0 Å². The summed E-state index contributed by atoms with van der Waals surface area (Å²) in [6.45, 7) is 11.3. The minimum atomic E-state index is 0.350. The van der Waals surface area contributed by atoms with Crippen LogP contribution < -0.4 is 0 Å². The van der Waals surface area contributed by atoms with Gasteiger partial charge in [-0.25, -0.2) is 0 Å². The van der Waals surface area contributed by atoms with Crippen molar-refractivity contribution in [1.82, 2.24) is 0 Å². The molecule has 0 nitrogen and oxygen atoms in total. The zero-order valence-corrected chi connectivity index (χ0v) is 11.2. The predicted octanol–water partition coefficient (Wildman–Crippen LogP) is 4.22. The Balaban J connectivity index is 4.29. The van der Waals surface area contributed by atoms with Crippen LogP contribution in [0, 0.1) is 11.3 Å². The Kier molecular flexibility index (Phi) is 4.64. The summed E-state index contributed by atoms with van der Waals surface area (Å²) in [6.07, 6.45) is 0. The summed E-state index contributed by atoms with van der Waals surface area (Å²) in [6, 6.07) is 0. The lowest BCUT2D eigenvalue weighted by Gasteiger charge is -2.36. The third kappa shape index (κ3) is 3.06. The van der Waals surface area contributed by atoms with Gasteiger partial charge in [-0.3, -0.25) is 0 Å². The molecule has 0 N–H and O–H groups in total. The zero-order valence-electron chi connectivity index (χ0n) is 7.99. The summed E-state index contributed by atoms with van der Waals surface area (Å²) < 4.78 is 0. The van der Waals surface area contributed by atoms with Gasteiger partial charge >= 0.3 is 0 Å². The molecule has 2 heteroatoms. The Morgan fingerprint density at radius 2 is 1.36 bits per heavy atom. The normalized spacial score (nSPS) is 18.5. The summed E-state index contributed by atoms with van der Waals surface area (Å²) in [7, 11) is 0. The van der Waals surface area contributed by atoms with E-state index >= 15 is 0 Å². The van der Waals surface area contributed by atoms with Crippen molar-refractivity contribution >= 4 is 31.9 Å². The molecule has 0 spiro atoms. The van der Waals surface area contributed by atoms with Gasteiger partial charge in [0.15, 0.2) is 0 Å². The van der Waals surface area contributed by atoms with E-state index in [0.29, 0.717) is 21.0 Å². The van der Waals surface area contributed by atoms with E-state index in [1.54, 1.807) is 0 Å². The molecule has 0 heterocycles. The van der Waals surface area contributed by atoms with Crippen LogP contribution in [0.25, 0.3) is 0 Å². The summed E-state index contributed by atoms with van der Waals surface area (Å²) in [5.74, 6) is 0.701. The van der Waals surface area contributed by atoms with Crippen LogP contribution in [0.1, 0.15) is 34.6 Å². The summed E-state index contributed by atoms with van der Waals surface area (Å²) in [5.41, 5.74) is 0.350. The molecule has 2 unspecified atom stereocenters. The van der Waals surface area contributed by atoms with Crippen LogP contribution in [-0.4, -0.2) is 9.65 Å². The predicted molar refractivity (Wildman–Crippen MR) is 59.7 cm³/mol. The maximum atomic E-state index is 3.72. The van der Waals surface area contributed by atoms with Gasteiger partial charge in [-0.15, -0.1) is 0 Å². The van der Waals surface area contributed by atoms with Crippen LogP contribution in [0.15, 0.2) is 0 Å². The fraction of sp³-hybridized carbons (Fsp3) is 1.00.